The van der Waals surface area contributed by atoms with Gasteiger partial charge in [-0.2, -0.15) is 0 Å². The number of oxime groups is 1. The Bertz CT molecular complexity index is 1110. The topological polar surface area (TPSA) is 145 Å². The highest BCUT2D eigenvalue weighted by Gasteiger charge is 2.19. The summed E-state index contributed by atoms with van der Waals surface area (Å²) in [6.45, 7) is 2.73. The molecule has 4 rings (SSSR count). The summed E-state index contributed by atoms with van der Waals surface area (Å²) in [5.74, 6) is -0.951. The molecule has 2 aliphatic rings. The van der Waals surface area contributed by atoms with Crippen LogP contribution in [0.3, 0.4) is 0 Å². The van der Waals surface area contributed by atoms with E-state index in [1.54, 1.807) is 24.5 Å². The number of anilines is 1. The molecule has 11 nitrogen and oxygen atoms in total. The minimum Gasteiger partial charge on any atom is -0.460 e. The lowest BCUT2D eigenvalue weighted by Crippen LogP contribution is -2.35. The third-order valence-corrected chi connectivity index (χ3v) is 6.18. The summed E-state index contributed by atoms with van der Waals surface area (Å²) in [6.07, 6.45) is 7.31. The standard InChI is InChI=1S/C26H33FN6O5/c27-25-18(17-37-23(34)14-22(28)29)4-3-5-21(25)19-15-30-26(31-16-19)33-9-7-20(8-10-33)32-38-13-12-36-24-6-1-2-11-35-24/h3-5,15-16,24H,1-2,6-14,17H2,(H3,28,29). The summed E-state index contributed by atoms with van der Waals surface area (Å²) in [7, 11) is 0. The van der Waals surface area contributed by atoms with Gasteiger partial charge in [-0.25, -0.2) is 14.4 Å². The number of rotatable bonds is 11. The van der Waals surface area contributed by atoms with Crippen molar-refractivity contribution in [3.8, 4) is 11.1 Å². The smallest absolute Gasteiger partial charge is 0.313 e. The minimum absolute atomic E-state index is 0.127. The van der Waals surface area contributed by atoms with Crippen molar-refractivity contribution in [3.05, 3.63) is 42.0 Å². The van der Waals surface area contributed by atoms with Crippen LogP contribution in [-0.2, 0) is 30.4 Å². The molecule has 0 spiro atoms. The van der Waals surface area contributed by atoms with Crippen LogP contribution in [0.1, 0.15) is 44.1 Å². The van der Waals surface area contributed by atoms with Gasteiger partial charge in [-0.1, -0.05) is 23.4 Å². The maximum atomic E-state index is 15.1. The fraction of sp³-hybridized carbons (Fsp3) is 0.500. The van der Waals surface area contributed by atoms with E-state index >= 15 is 4.39 Å². The molecule has 38 heavy (non-hydrogen) atoms. The van der Waals surface area contributed by atoms with Crippen molar-refractivity contribution in [1.29, 1.82) is 5.41 Å². The largest absolute Gasteiger partial charge is 0.460 e. The first kappa shape index (κ1) is 27.4. The molecule has 204 valence electrons. The number of ether oxygens (including phenoxy) is 3. The molecule has 1 aromatic heterocycles. The molecule has 0 saturated carbocycles. The number of esters is 1. The number of aromatic nitrogens is 2. The molecular formula is C26H33FN6O5. The van der Waals surface area contributed by atoms with E-state index in [-0.39, 0.29) is 30.7 Å². The van der Waals surface area contributed by atoms with Crippen molar-refractivity contribution in [1.82, 2.24) is 9.97 Å². The molecule has 0 amide bonds. The zero-order valence-electron chi connectivity index (χ0n) is 21.2. The molecule has 3 heterocycles. The number of piperidine rings is 1. The Kier molecular flexibility index (Phi) is 9.93. The highest BCUT2D eigenvalue weighted by atomic mass is 19.1. The van der Waals surface area contributed by atoms with Crippen LogP contribution in [0, 0.1) is 11.2 Å². The van der Waals surface area contributed by atoms with Crippen molar-refractivity contribution in [2.45, 2.75) is 51.4 Å². The predicted octanol–water partition coefficient (Wildman–Crippen LogP) is 3.17. The van der Waals surface area contributed by atoms with E-state index in [1.165, 1.54) is 6.07 Å². The van der Waals surface area contributed by atoms with E-state index in [9.17, 15) is 4.79 Å². The number of benzene rings is 1. The van der Waals surface area contributed by atoms with Gasteiger partial charge in [0, 0.05) is 61.6 Å². The van der Waals surface area contributed by atoms with Crippen LogP contribution in [0.5, 0.6) is 0 Å². The van der Waals surface area contributed by atoms with Crippen LogP contribution in [0.15, 0.2) is 35.7 Å². The van der Waals surface area contributed by atoms with Crippen molar-refractivity contribution in [3.63, 3.8) is 0 Å². The van der Waals surface area contributed by atoms with E-state index in [4.69, 9.17) is 30.2 Å². The molecule has 2 fully saturated rings. The maximum Gasteiger partial charge on any atom is 0.313 e. The summed E-state index contributed by atoms with van der Waals surface area (Å²) < 4.78 is 31.2. The number of halogens is 1. The van der Waals surface area contributed by atoms with E-state index in [0.717, 1.165) is 44.4 Å². The van der Waals surface area contributed by atoms with Crippen LogP contribution in [0.2, 0.25) is 0 Å². The Morgan fingerprint density at radius 2 is 2.00 bits per heavy atom. The number of amidine groups is 1. The first-order valence-electron chi connectivity index (χ1n) is 12.7. The molecule has 12 heteroatoms. The number of hydrogen-bond acceptors (Lipinski definition) is 10. The summed E-state index contributed by atoms with van der Waals surface area (Å²) in [5, 5.41) is 11.4. The number of carbonyl (C=O) groups excluding carboxylic acids is 1. The Morgan fingerprint density at radius 1 is 1.21 bits per heavy atom. The van der Waals surface area contributed by atoms with E-state index in [0.29, 0.717) is 43.4 Å². The van der Waals surface area contributed by atoms with Gasteiger partial charge in [-0.05, 0) is 19.3 Å². The van der Waals surface area contributed by atoms with Crippen molar-refractivity contribution in [2.75, 3.05) is 37.8 Å². The van der Waals surface area contributed by atoms with Crippen molar-refractivity contribution < 1.29 is 28.2 Å². The SMILES string of the molecule is N=C(N)CC(=O)OCc1cccc(-c2cnc(N3CCC(=NOCCOC4CCCCO4)CC3)nc2)c1F. The first-order chi connectivity index (χ1) is 18.5. The summed E-state index contributed by atoms with van der Waals surface area (Å²) >= 11 is 0. The monoisotopic (exact) mass is 528 g/mol. The fourth-order valence-electron chi connectivity index (χ4n) is 4.16. The fourth-order valence-corrected chi connectivity index (χ4v) is 4.16. The van der Waals surface area contributed by atoms with Gasteiger partial charge in [-0.3, -0.25) is 10.2 Å². The Labute approximate surface area is 220 Å². The minimum atomic E-state index is -0.685. The molecule has 0 aliphatic carbocycles. The van der Waals surface area contributed by atoms with E-state index in [2.05, 4.69) is 15.1 Å². The Morgan fingerprint density at radius 3 is 2.71 bits per heavy atom. The summed E-state index contributed by atoms with van der Waals surface area (Å²) in [4.78, 5) is 28.0. The van der Waals surface area contributed by atoms with Gasteiger partial charge in [0.15, 0.2) is 6.29 Å². The molecule has 1 unspecified atom stereocenters. The zero-order valence-corrected chi connectivity index (χ0v) is 21.2. The second-order valence-electron chi connectivity index (χ2n) is 9.06. The van der Waals surface area contributed by atoms with Gasteiger partial charge >= 0.3 is 5.97 Å². The van der Waals surface area contributed by atoms with Crippen LogP contribution >= 0.6 is 0 Å². The zero-order chi connectivity index (χ0) is 26.7. The van der Waals surface area contributed by atoms with Gasteiger partial charge in [0.05, 0.1) is 12.3 Å². The van der Waals surface area contributed by atoms with Crippen LogP contribution in [-0.4, -0.2) is 66.7 Å². The summed E-state index contributed by atoms with van der Waals surface area (Å²) in [5.41, 5.74) is 7.20. The van der Waals surface area contributed by atoms with E-state index in [1.807, 2.05) is 4.90 Å². The predicted molar refractivity (Wildman–Crippen MR) is 138 cm³/mol. The van der Waals surface area contributed by atoms with Gasteiger partial charge in [0.25, 0.3) is 0 Å². The van der Waals surface area contributed by atoms with Gasteiger partial charge < -0.3 is 29.7 Å². The number of nitrogens with zero attached hydrogens (tertiary/aromatic N) is 4. The second-order valence-corrected chi connectivity index (χ2v) is 9.06. The van der Waals surface area contributed by atoms with Gasteiger partial charge in [0.1, 0.15) is 31.3 Å². The van der Waals surface area contributed by atoms with Crippen LogP contribution < -0.4 is 10.6 Å². The van der Waals surface area contributed by atoms with Crippen LogP contribution in [0.4, 0.5) is 10.3 Å². The molecule has 1 aromatic carbocycles. The van der Waals surface area contributed by atoms with Crippen molar-refractivity contribution >= 4 is 23.5 Å². The quantitative estimate of drug-likeness (QED) is 0.148. The van der Waals surface area contributed by atoms with Gasteiger partial charge in [0.2, 0.25) is 5.95 Å². The van der Waals surface area contributed by atoms with Gasteiger partial charge in [-0.15, -0.1) is 0 Å². The van der Waals surface area contributed by atoms with Crippen LogP contribution in [0.25, 0.3) is 11.1 Å². The number of carbonyl (C=O) groups is 1. The molecule has 2 aromatic rings. The molecule has 0 bridgehead atoms. The lowest BCUT2D eigenvalue weighted by molar-refractivity contribution is -0.169. The second kappa shape index (κ2) is 13.8. The summed E-state index contributed by atoms with van der Waals surface area (Å²) in [6, 6.07) is 4.82. The highest BCUT2D eigenvalue weighted by molar-refractivity contribution is 5.94. The molecule has 2 saturated heterocycles. The Hall–Kier alpha value is -3.64. The normalized spacial score (nSPS) is 17.7. The first-order valence-corrected chi connectivity index (χ1v) is 12.7. The third kappa shape index (κ3) is 7.93. The molecule has 0 radical (unpaired) electrons. The number of nitrogens with one attached hydrogen (secondary N) is 1. The average molecular weight is 529 g/mol. The lowest BCUT2D eigenvalue weighted by atomic mass is 10.0. The van der Waals surface area contributed by atoms with E-state index < -0.39 is 11.8 Å². The molecule has 1 atom stereocenters. The average Bonchev–Trinajstić information content (AvgIpc) is 2.93. The lowest BCUT2D eigenvalue weighted by Gasteiger charge is -2.27. The van der Waals surface area contributed by atoms with Crippen molar-refractivity contribution in [2.24, 2.45) is 10.9 Å². The molecule has 3 N–H and O–H groups in total. The highest BCUT2D eigenvalue weighted by Crippen LogP contribution is 2.26. The number of hydrogen-bond donors (Lipinski definition) is 2. The number of nitrogens with two attached hydrogens (primary N) is 1. The third-order valence-electron chi connectivity index (χ3n) is 6.18. The Balaban J connectivity index is 1.24. The molecular weight excluding hydrogens is 495 g/mol. The molecule has 2 aliphatic heterocycles. The maximum absolute atomic E-state index is 15.1.